The topological polar surface area (TPSA) is 38.0 Å². The van der Waals surface area contributed by atoms with Crippen molar-refractivity contribution in [3.05, 3.63) is 46.0 Å². The zero-order valence-electron chi connectivity index (χ0n) is 9.26. The maximum absolute atomic E-state index is 6.12. The van der Waals surface area contributed by atoms with Crippen molar-refractivity contribution >= 4 is 23.2 Å². The molecule has 16 heavy (non-hydrogen) atoms. The molecule has 0 heterocycles. The Bertz CT molecular complexity index is 377. The maximum atomic E-state index is 6.12. The molecular weight excluding hydrogens is 243 g/mol. The predicted molar refractivity (Wildman–Crippen MR) is 71.1 cm³/mol. The molecule has 0 aliphatic heterocycles. The van der Waals surface area contributed by atoms with E-state index in [2.05, 4.69) is 11.9 Å². The molecule has 1 rings (SSSR count). The molecule has 4 heteroatoms. The second-order valence-corrected chi connectivity index (χ2v) is 4.64. The number of nitrogens with two attached hydrogens (primary N) is 1. The van der Waals surface area contributed by atoms with Crippen molar-refractivity contribution in [2.75, 3.05) is 13.1 Å². The minimum Gasteiger partial charge on any atom is -0.329 e. The Kier molecular flexibility index (Phi) is 5.29. The van der Waals surface area contributed by atoms with E-state index >= 15 is 0 Å². The van der Waals surface area contributed by atoms with E-state index in [4.69, 9.17) is 28.9 Å². The largest absolute Gasteiger partial charge is 0.329 e. The zero-order chi connectivity index (χ0) is 12.1. The monoisotopic (exact) mass is 258 g/mol. The molecule has 0 aromatic heterocycles. The molecule has 1 unspecified atom stereocenters. The van der Waals surface area contributed by atoms with Gasteiger partial charge in [-0.25, -0.2) is 0 Å². The van der Waals surface area contributed by atoms with Crippen LogP contribution in [-0.2, 0) is 0 Å². The summed E-state index contributed by atoms with van der Waals surface area (Å²) in [5, 5.41) is 4.56. The van der Waals surface area contributed by atoms with E-state index in [-0.39, 0.29) is 6.04 Å². The van der Waals surface area contributed by atoms with Gasteiger partial charge >= 0.3 is 0 Å². The van der Waals surface area contributed by atoms with Crippen LogP contribution in [0.1, 0.15) is 18.5 Å². The van der Waals surface area contributed by atoms with Crippen LogP contribution in [0.3, 0.4) is 0 Å². The second kappa shape index (κ2) is 6.26. The van der Waals surface area contributed by atoms with Gasteiger partial charge in [-0.05, 0) is 24.6 Å². The van der Waals surface area contributed by atoms with Crippen LogP contribution in [0.2, 0.25) is 10.0 Å². The van der Waals surface area contributed by atoms with Gasteiger partial charge in [-0.15, -0.1) is 0 Å². The molecule has 0 fully saturated rings. The van der Waals surface area contributed by atoms with Gasteiger partial charge in [-0.1, -0.05) is 41.4 Å². The molecule has 0 spiro atoms. The Hall–Kier alpha value is -0.540. The first-order valence-corrected chi connectivity index (χ1v) is 5.83. The fourth-order valence-corrected chi connectivity index (χ4v) is 1.94. The second-order valence-electron chi connectivity index (χ2n) is 3.79. The Balaban J connectivity index is 2.82. The van der Waals surface area contributed by atoms with Crippen LogP contribution in [0.15, 0.2) is 30.4 Å². The molecule has 0 bridgehead atoms. The average Bonchev–Trinajstić information content (AvgIpc) is 2.21. The molecule has 0 aliphatic rings. The third-order valence-corrected chi connectivity index (χ3v) is 2.79. The first-order chi connectivity index (χ1) is 7.54. The van der Waals surface area contributed by atoms with E-state index in [1.165, 1.54) is 0 Å². The van der Waals surface area contributed by atoms with Gasteiger partial charge in [0, 0.05) is 29.2 Å². The van der Waals surface area contributed by atoms with Gasteiger partial charge in [-0.2, -0.15) is 0 Å². The average molecular weight is 259 g/mol. The SMILES string of the molecule is C=C(C)CNC(CN)c1ccc(Cl)cc1Cl. The van der Waals surface area contributed by atoms with Gasteiger partial charge in [-0.3, -0.25) is 0 Å². The Morgan fingerprint density at radius 2 is 2.19 bits per heavy atom. The molecule has 0 amide bonds. The summed E-state index contributed by atoms with van der Waals surface area (Å²) < 4.78 is 0. The van der Waals surface area contributed by atoms with Gasteiger partial charge in [0.05, 0.1) is 0 Å². The van der Waals surface area contributed by atoms with E-state index in [9.17, 15) is 0 Å². The molecule has 0 saturated carbocycles. The Morgan fingerprint density at radius 1 is 1.50 bits per heavy atom. The van der Waals surface area contributed by atoms with E-state index in [1.807, 2.05) is 19.1 Å². The zero-order valence-corrected chi connectivity index (χ0v) is 10.8. The lowest BCUT2D eigenvalue weighted by Crippen LogP contribution is -2.29. The number of benzene rings is 1. The minimum absolute atomic E-state index is 0.0291. The van der Waals surface area contributed by atoms with Crippen LogP contribution in [0.5, 0.6) is 0 Å². The third-order valence-electron chi connectivity index (χ3n) is 2.22. The lowest BCUT2D eigenvalue weighted by atomic mass is 10.1. The fourth-order valence-electron chi connectivity index (χ4n) is 1.40. The minimum atomic E-state index is 0.0291. The Labute approximate surface area is 106 Å². The normalized spacial score (nSPS) is 12.5. The fraction of sp³-hybridized carbons (Fsp3) is 0.333. The van der Waals surface area contributed by atoms with Crippen LogP contribution >= 0.6 is 23.2 Å². The predicted octanol–water partition coefficient (Wildman–Crippen LogP) is 3.16. The maximum Gasteiger partial charge on any atom is 0.0469 e. The lowest BCUT2D eigenvalue weighted by Gasteiger charge is -2.18. The molecule has 2 nitrogen and oxygen atoms in total. The van der Waals surface area contributed by atoms with E-state index in [0.29, 0.717) is 16.6 Å². The summed E-state index contributed by atoms with van der Waals surface area (Å²) in [4.78, 5) is 0. The summed E-state index contributed by atoms with van der Waals surface area (Å²) >= 11 is 12.0. The van der Waals surface area contributed by atoms with Crippen LogP contribution in [0.4, 0.5) is 0 Å². The molecule has 0 aliphatic carbocycles. The summed E-state index contributed by atoms with van der Waals surface area (Å²) in [6, 6.07) is 5.46. The molecule has 0 saturated heterocycles. The van der Waals surface area contributed by atoms with Gasteiger partial charge in [0.2, 0.25) is 0 Å². The smallest absolute Gasteiger partial charge is 0.0469 e. The standard InChI is InChI=1S/C12H16Cl2N2/c1-8(2)7-16-12(6-15)10-4-3-9(13)5-11(10)14/h3-5,12,16H,1,6-7,15H2,2H3. The summed E-state index contributed by atoms with van der Waals surface area (Å²) in [6.45, 7) is 7.00. The molecule has 88 valence electrons. The molecule has 1 aromatic carbocycles. The summed E-state index contributed by atoms with van der Waals surface area (Å²) in [5.41, 5.74) is 7.74. The highest BCUT2D eigenvalue weighted by molar-refractivity contribution is 6.35. The summed E-state index contributed by atoms with van der Waals surface area (Å²) in [5.74, 6) is 0. The van der Waals surface area contributed by atoms with E-state index in [0.717, 1.165) is 17.7 Å². The Morgan fingerprint density at radius 3 is 2.69 bits per heavy atom. The lowest BCUT2D eigenvalue weighted by molar-refractivity contribution is 0.570. The number of hydrogen-bond acceptors (Lipinski definition) is 2. The number of hydrogen-bond donors (Lipinski definition) is 2. The van der Waals surface area contributed by atoms with Crippen LogP contribution in [0, 0.1) is 0 Å². The molecule has 0 radical (unpaired) electrons. The van der Waals surface area contributed by atoms with Crippen molar-refractivity contribution < 1.29 is 0 Å². The molecular formula is C12H16Cl2N2. The quantitative estimate of drug-likeness (QED) is 0.797. The molecule has 1 atom stereocenters. The van der Waals surface area contributed by atoms with Crippen molar-refractivity contribution in [3.63, 3.8) is 0 Å². The number of halogens is 2. The van der Waals surface area contributed by atoms with Crippen molar-refractivity contribution in [1.29, 1.82) is 0 Å². The van der Waals surface area contributed by atoms with Crippen molar-refractivity contribution in [2.24, 2.45) is 5.73 Å². The number of nitrogens with one attached hydrogen (secondary N) is 1. The van der Waals surface area contributed by atoms with Crippen molar-refractivity contribution in [3.8, 4) is 0 Å². The van der Waals surface area contributed by atoms with Gasteiger partial charge in [0.1, 0.15) is 0 Å². The van der Waals surface area contributed by atoms with Crippen molar-refractivity contribution in [2.45, 2.75) is 13.0 Å². The highest BCUT2D eigenvalue weighted by atomic mass is 35.5. The van der Waals surface area contributed by atoms with E-state index in [1.54, 1.807) is 6.07 Å². The van der Waals surface area contributed by atoms with Gasteiger partial charge < -0.3 is 11.1 Å². The van der Waals surface area contributed by atoms with Crippen LogP contribution < -0.4 is 11.1 Å². The van der Waals surface area contributed by atoms with Crippen LogP contribution in [0.25, 0.3) is 0 Å². The molecule has 1 aromatic rings. The number of rotatable bonds is 5. The summed E-state index contributed by atoms with van der Waals surface area (Å²) in [7, 11) is 0. The van der Waals surface area contributed by atoms with Crippen LogP contribution in [-0.4, -0.2) is 13.1 Å². The van der Waals surface area contributed by atoms with Crippen molar-refractivity contribution in [1.82, 2.24) is 5.32 Å². The van der Waals surface area contributed by atoms with Gasteiger partial charge in [0.15, 0.2) is 0 Å². The molecule has 3 N–H and O–H groups in total. The highest BCUT2D eigenvalue weighted by Gasteiger charge is 2.12. The highest BCUT2D eigenvalue weighted by Crippen LogP contribution is 2.25. The van der Waals surface area contributed by atoms with E-state index < -0.39 is 0 Å². The third kappa shape index (κ3) is 3.80. The first kappa shape index (κ1) is 13.5. The summed E-state index contributed by atoms with van der Waals surface area (Å²) in [6.07, 6.45) is 0. The first-order valence-electron chi connectivity index (χ1n) is 5.07. The van der Waals surface area contributed by atoms with Gasteiger partial charge in [0.25, 0.3) is 0 Å².